The number of nitrogens with zero attached hydrogens (tertiary/aromatic N) is 2. The molecule has 10 heteroatoms. The third-order valence-corrected chi connectivity index (χ3v) is 3.97. The summed E-state index contributed by atoms with van der Waals surface area (Å²) in [6.07, 6.45) is -4.72. The molecule has 2 aromatic rings. The molecule has 1 amide bonds. The zero-order valence-electron chi connectivity index (χ0n) is 12.3. The Labute approximate surface area is 138 Å². The van der Waals surface area contributed by atoms with Crippen LogP contribution in [0.25, 0.3) is 10.9 Å². The van der Waals surface area contributed by atoms with Crippen molar-refractivity contribution in [2.75, 3.05) is 5.75 Å². The molecule has 0 saturated carbocycles. The summed E-state index contributed by atoms with van der Waals surface area (Å²) in [6.45, 7) is 1.16. The van der Waals surface area contributed by atoms with E-state index in [0.29, 0.717) is 5.39 Å². The molecule has 1 heterocycles. The van der Waals surface area contributed by atoms with E-state index in [1.807, 2.05) is 0 Å². The molecule has 0 aliphatic heterocycles. The summed E-state index contributed by atoms with van der Waals surface area (Å²) >= 11 is 0.812. The third kappa shape index (κ3) is 4.34. The number of alkyl halides is 3. The van der Waals surface area contributed by atoms with Crippen LogP contribution in [-0.2, 0) is 15.8 Å². The summed E-state index contributed by atoms with van der Waals surface area (Å²) in [5, 5.41) is 11.7. The van der Waals surface area contributed by atoms with Crippen LogP contribution < -0.4 is 5.32 Å². The molecule has 0 radical (unpaired) electrons. The van der Waals surface area contributed by atoms with E-state index >= 15 is 0 Å². The first-order valence-corrected chi connectivity index (χ1v) is 7.63. The Kier molecular flexibility index (Phi) is 5.27. The van der Waals surface area contributed by atoms with Gasteiger partial charge in [-0.3, -0.25) is 4.79 Å². The summed E-state index contributed by atoms with van der Waals surface area (Å²) in [5.41, 5.74) is 0.105. The van der Waals surface area contributed by atoms with E-state index in [2.05, 4.69) is 15.3 Å². The van der Waals surface area contributed by atoms with Crippen LogP contribution in [0.5, 0.6) is 0 Å². The molecule has 2 N–H and O–H groups in total. The van der Waals surface area contributed by atoms with Gasteiger partial charge in [-0.05, 0) is 6.07 Å². The second-order valence-electron chi connectivity index (χ2n) is 4.77. The third-order valence-electron chi connectivity index (χ3n) is 2.88. The molecular formula is C14H12F3N3O3S. The van der Waals surface area contributed by atoms with E-state index in [1.54, 1.807) is 18.2 Å². The van der Waals surface area contributed by atoms with E-state index in [4.69, 9.17) is 5.11 Å². The lowest BCUT2D eigenvalue weighted by Gasteiger charge is -2.14. The van der Waals surface area contributed by atoms with Gasteiger partial charge in [0.15, 0.2) is 0 Å². The Hall–Kier alpha value is -2.36. The minimum Gasteiger partial charge on any atom is -0.480 e. The first-order chi connectivity index (χ1) is 11.2. The first kappa shape index (κ1) is 18.0. The van der Waals surface area contributed by atoms with Crippen molar-refractivity contribution in [1.29, 1.82) is 0 Å². The zero-order chi connectivity index (χ0) is 17.9. The van der Waals surface area contributed by atoms with Gasteiger partial charge in [-0.1, -0.05) is 18.2 Å². The van der Waals surface area contributed by atoms with Crippen LogP contribution >= 0.6 is 11.8 Å². The van der Waals surface area contributed by atoms with Gasteiger partial charge in [-0.15, -0.1) is 11.8 Å². The summed E-state index contributed by atoms with van der Waals surface area (Å²) in [6, 6.07) is 4.88. The second kappa shape index (κ2) is 7.04. The number of hydrogen-bond acceptors (Lipinski definition) is 5. The number of hydrogen-bond donors (Lipinski definition) is 2. The van der Waals surface area contributed by atoms with Gasteiger partial charge in [0.25, 0.3) is 0 Å². The molecule has 24 heavy (non-hydrogen) atoms. The highest BCUT2D eigenvalue weighted by Gasteiger charge is 2.35. The molecule has 0 aliphatic rings. The largest absolute Gasteiger partial charge is 0.480 e. The van der Waals surface area contributed by atoms with Gasteiger partial charge in [0, 0.05) is 18.1 Å². The van der Waals surface area contributed by atoms with Crippen molar-refractivity contribution in [3.63, 3.8) is 0 Å². The smallest absolute Gasteiger partial charge is 0.451 e. The number of rotatable bonds is 5. The molecule has 6 nitrogen and oxygen atoms in total. The molecule has 1 aromatic carbocycles. The summed E-state index contributed by atoms with van der Waals surface area (Å²) in [5.74, 6) is -3.30. The van der Waals surface area contributed by atoms with Crippen molar-refractivity contribution in [1.82, 2.24) is 15.3 Å². The van der Waals surface area contributed by atoms with Crippen LogP contribution in [0.2, 0.25) is 0 Å². The average Bonchev–Trinajstić information content (AvgIpc) is 2.49. The lowest BCUT2D eigenvalue weighted by atomic mass is 10.2. The Balaban J connectivity index is 2.36. The van der Waals surface area contributed by atoms with Crippen molar-refractivity contribution in [2.24, 2.45) is 0 Å². The molecule has 0 saturated heterocycles. The van der Waals surface area contributed by atoms with E-state index in [1.165, 1.54) is 6.07 Å². The van der Waals surface area contributed by atoms with E-state index < -0.39 is 29.9 Å². The lowest BCUT2D eigenvalue weighted by Crippen LogP contribution is -2.41. The van der Waals surface area contributed by atoms with Gasteiger partial charge >= 0.3 is 12.1 Å². The lowest BCUT2D eigenvalue weighted by molar-refractivity contribution is -0.145. The minimum absolute atomic E-state index is 0.00419. The number of aliphatic carboxylic acids is 1. The molecule has 0 unspecified atom stereocenters. The second-order valence-corrected chi connectivity index (χ2v) is 5.78. The highest BCUT2D eigenvalue weighted by atomic mass is 32.2. The van der Waals surface area contributed by atoms with Crippen LogP contribution in [0.1, 0.15) is 12.7 Å². The Morgan fingerprint density at radius 1 is 1.29 bits per heavy atom. The van der Waals surface area contributed by atoms with Crippen LogP contribution in [-0.4, -0.2) is 38.7 Å². The fourth-order valence-corrected chi connectivity index (χ4v) is 2.90. The number of carboxylic acid groups (broad SMARTS) is 1. The monoisotopic (exact) mass is 359 g/mol. The maximum Gasteiger partial charge on any atom is 0.451 e. The van der Waals surface area contributed by atoms with Gasteiger partial charge in [0.1, 0.15) is 11.1 Å². The predicted octanol–water partition coefficient (Wildman–Crippen LogP) is 2.33. The molecule has 0 aliphatic carbocycles. The van der Waals surface area contributed by atoms with Crippen LogP contribution in [0.15, 0.2) is 29.3 Å². The van der Waals surface area contributed by atoms with E-state index in [0.717, 1.165) is 18.7 Å². The van der Waals surface area contributed by atoms with Crippen LogP contribution in [0.3, 0.4) is 0 Å². The molecular weight excluding hydrogens is 347 g/mol. The number of carbonyl (C=O) groups is 2. The van der Waals surface area contributed by atoms with Gasteiger partial charge in [0.05, 0.1) is 5.52 Å². The van der Waals surface area contributed by atoms with Crippen molar-refractivity contribution >= 4 is 34.5 Å². The van der Waals surface area contributed by atoms with Gasteiger partial charge in [0.2, 0.25) is 11.7 Å². The van der Waals surface area contributed by atoms with Gasteiger partial charge < -0.3 is 10.4 Å². The predicted molar refractivity (Wildman–Crippen MR) is 80.5 cm³/mol. The number of halogens is 3. The SMILES string of the molecule is CC(=O)N[C@H](CSc1nc(C(F)(F)F)nc2ccccc12)C(=O)O. The summed E-state index contributed by atoms with van der Waals surface area (Å²) < 4.78 is 38.7. The first-order valence-electron chi connectivity index (χ1n) is 6.65. The Morgan fingerprint density at radius 3 is 2.54 bits per heavy atom. The highest BCUT2D eigenvalue weighted by Crippen LogP contribution is 2.32. The van der Waals surface area contributed by atoms with Gasteiger partial charge in [-0.2, -0.15) is 13.2 Å². The number of carbonyl (C=O) groups excluding carboxylic acids is 1. The van der Waals surface area contributed by atoms with Crippen LogP contribution in [0, 0.1) is 0 Å². The number of para-hydroxylation sites is 1. The molecule has 1 atom stereocenters. The number of nitrogens with one attached hydrogen (secondary N) is 1. The van der Waals surface area contributed by atoms with Crippen molar-refractivity contribution in [2.45, 2.75) is 24.2 Å². The molecule has 0 fully saturated rings. The maximum absolute atomic E-state index is 12.9. The van der Waals surface area contributed by atoms with Crippen molar-refractivity contribution < 1.29 is 27.9 Å². The van der Waals surface area contributed by atoms with E-state index in [-0.39, 0.29) is 16.3 Å². The maximum atomic E-state index is 12.9. The van der Waals surface area contributed by atoms with Crippen LogP contribution in [0.4, 0.5) is 13.2 Å². The number of amides is 1. The van der Waals surface area contributed by atoms with Crippen molar-refractivity contribution in [3.05, 3.63) is 30.1 Å². The molecule has 1 aromatic heterocycles. The topological polar surface area (TPSA) is 92.2 Å². The number of benzene rings is 1. The fraction of sp³-hybridized carbons (Fsp3) is 0.286. The Morgan fingerprint density at radius 2 is 1.96 bits per heavy atom. The number of carboxylic acids is 1. The quantitative estimate of drug-likeness (QED) is 0.629. The zero-order valence-corrected chi connectivity index (χ0v) is 13.1. The van der Waals surface area contributed by atoms with Gasteiger partial charge in [-0.25, -0.2) is 14.8 Å². The van der Waals surface area contributed by atoms with Crippen molar-refractivity contribution in [3.8, 4) is 0 Å². The fourth-order valence-electron chi connectivity index (χ4n) is 1.87. The number of aromatic nitrogens is 2. The number of thioether (sulfide) groups is 1. The molecule has 0 bridgehead atoms. The van der Waals surface area contributed by atoms with E-state index in [9.17, 15) is 22.8 Å². The normalized spacial score (nSPS) is 12.8. The standard InChI is InChI=1S/C14H12F3N3O3S/c1-7(21)18-10(12(22)23)6-24-11-8-4-2-3-5-9(8)19-13(20-11)14(15,16)17/h2-5,10H,6H2,1H3,(H,18,21)(H,22,23)/t10-/m1/s1. The Bertz CT molecular complexity index is 783. The highest BCUT2D eigenvalue weighted by molar-refractivity contribution is 7.99. The summed E-state index contributed by atoms with van der Waals surface area (Å²) in [4.78, 5) is 29.1. The number of fused-ring (bicyclic) bond motifs is 1. The average molecular weight is 359 g/mol. The minimum atomic E-state index is -4.72. The molecule has 2 rings (SSSR count). The molecule has 0 spiro atoms. The molecule has 128 valence electrons. The summed E-state index contributed by atoms with van der Waals surface area (Å²) in [7, 11) is 0.